The Morgan fingerprint density at radius 2 is 2.00 bits per heavy atom. The molecule has 4 heterocycles. The lowest BCUT2D eigenvalue weighted by molar-refractivity contribution is -0.129. The number of carbonyl (C=O) groups is 1. The van der Waals surface area contributed by atoms with Gasteiger partial charge in [0.05, 0.1) is 12.2 Å². The topological polar surface area (TPSA) is 35.5 Å². The van der Waals surface area contributed by atoms with Crippen LogP contribution in [-0.2, 0) is 14.3 Å². The van der Waals surface area contributed by atoms with Crippen LogP contribution in [0.3, 0.4) is 0 Å². The van der Waals surface area contributed by atoms with Crippen LogP contribution in [-0.4, -0.2) is 30.2 Å². The highest BCUT2D eigenvalue weighted by Crippen LogP contribution is 2.44. The van der Waals surface area contributed by atoms with Gasteiger partial charge in [-0.25, -0.2) is 0 Å². The van der Waals surface area contributed by atoms with Crippen LogP contribution in [0.5, 0.6) is 0 Å². The Hall–Kier alpha value is -0.410. The Morgan fingerprint density at radius 3 is 2.69 bits per heavy atom. The zero-order valence-electron chi connectivity index (χ0n) is 7.90. The minimum Gasteiger partial charge on any atom is -0.364 e. The van der Waals surface area contributed by atoms with Gasteiger partial charge in [0.2, 0.25) is 0 Å². The molecule has 0 aliphatic carbocycles. The maximum absolute atomic E-state index is 11.8. The SMILES string of the molecule is C[C@@H]1[C@H]2O[C@@H]3C(=O)[C@H]2O[C@H]1C[C@H]3C. The molecule has 0 radical (unpaired) electrons. The van der Waals surface area contributed by atoms with Gasteiger partial charge in [0.15, 0.2) is 5.78 Å². The molecule has 4 saturated heterocycles. The van der Waals surface area contributed by atoms with E-state index in [1.807, 2.05) is 0 Å². The van der Waals surface area contributed by atoms with Gasteiger partial charge in [-0.05, 0) is 12.3 Å². The number of carbonyl (C=O) groups excluding carboxylic acids is 1. The van der Waals surface area contributed by atoms with E-state index in [2.05, 4.69) is 13.8 Å². The second kappa shape index (κ2) is 2.34. The molecule has 0 aromatic rings. The number of ketones is 1. The summed E-state index contributed by atoms with van der Waals surface area (Å²) in [6.07, 6.45) is 0.860. The second-order valence-electron chi connectivity index (χ2n) is 4.59. The summed E-state index contributed by atoms with van der Waals surface area (Å²) in [7, 11) is 0. The molecular formula is C10H14O3. The molecule has 4 aliphatic heterocycles. The van der Waals surface area contributed by atoms with Gasteiger partial charge in [-0.15, -0.1) is 0 Å². The first-order valence-corrected chi connectivity index (χ1v) is 5.03. The van der Waals surface area contributed by atoms with Crippen molar-refractivity contribution in [2.45, 2.75) is 44.7 Å². The van der Waals surface area contributed by atoms with E-state index in [-0.39, 0.29) is 30.2 Å². The van der Waals surface area contributed by atoms with Gasteiger partial charge < -0.3 is 9.47 Å². The molecule has 4 rings (SSSR count). The smallest absolute Gasteiger partial charge is 0.193 e. The Kier molecular flexibility index (Phi) is 1.43. The summed E-state index contributed by atoms with van der Waals surface area (Å²) in [5.74, 6) is 0.908. The number of fused-ring (bicyclic) bond motifs is 1. The van der Waals surface area contributed by atoms with E-state index in [1.165, 1.54) is 0 Å². The Labute approximate surface area is 77.4 Å². The number of hydrogen-bond donors (Lipinski definition) is 0. The fourth-order valence-electron chi connectivity index (χ4n) is 2.87. The normalized spacial score (nSPS) is 58.8. The van der Waals surface area contributed by atoms with Crippen LogP contribution in [0.15, 0.2) is 0 Å². The summed E-state index contributed by atoms with van der Waals surface area (Å²) in [4.78, 5) is 11.8. The van der Waals surface area contributed by atoms with Crippen LogP contribution in [0.1, 0.15) is 20.3 Å². The molecule has 13 heavy (non-hydrogen) atoms. The van der Waals surface area contributed by atoms with Crippen LogP contribution in [0.2, 0.25) is 0 Å². The van der Waals surface area contributed by atoms with Crippen molar-refractivity contribution in [2.24, 2.45) is 11.8 Å². The molecule has 4 fully saturated rings. The highest BCUT2D eigenvalue weighted by molar-refractivity contribution is 5.90. The number of rotatable bonds is 0. The number of ether oxygens (including phenoxy) is 2. The third-order valence-corrected chi connectivity index (χ3v) is 3.71. The van der Waals surface area contributed by atoms with Crippen LogP contribution in [0, 0.1) is 11.8 Å². The van der Waals surface area contributed by atoms with Crippen molar-refractivity contribution in [3.63, 3.8) is 0 Å². The molecule has 3 nitrogen and oxygen atoms in total. The third kappa shape index (κ3) is 0.842. The van der Waals surface area contributed by atoms with Gasteiger partial charge in [-0.3, -0.25) is 4.79 Å². The van der Waals surface area contributed by atoms with E-state index in [0.29, 0.717) is 11.8 Å². The molecule has 0 saturated carbocycles. The quantitative estimate of drug-likeness (QED) is 0.555. The zero-order chi connectivity index (χ0) is 9.16. The summed E-state index contributed by atoms with van der Waals surface area (Å²) in [5, 5.41) is 0. The molecule has 0 unspecified atom stereocenters. The molecular weight excluding hydrogens is 168 g/mol. The maximum atomic E-state index is 11.8. The van der Waals surface area contributed by atoms with Gasteiger partial charge in [-0.1, -0.05) is 13.8 Å². The van der Waals surface area contributed by atoms with Gasteiger partial charge in [0.1, 0.15) is 12.2 Å². The van der Waals surface area contributed by atoms with E-state index < -0.39 is 0 Å². The van der Waals surface area contributed by atoms with E-state index >= 15 is 0 Å². The van der Waals surface area contributed by atoms with Gasteiger partial charge >= 0.3 is 0 Å². The molecule has 3 heteroatoms. The standard InChI is InChI=1S/C10H14O3/c1-4-3-6-5(2)9-10(12-6)7(11)8(4)13-9/h4-6,8-10H,3H2,1-2H3/t4-,5+,6+,8+,9-,10-/m1/s1. The highest BCUT2D eigenvalue weighted by Gasteiger charge is 2.58. The fourth-order valence-corrected chi connectivity index (χ4v) is 2.87. The van der Waals surface area contributed by atoms with E-state index in [4.69, 9.17) is 9.47 Å². The van der Waals surface area contributed by atoms with Crippen molar-refractivity contribution in [3.8, 4) is 0 Å². The Balaban J connectivity index is 2.05. The van der Waals surface area contributed by atoms with Crippen molar-refractivity contribution in [1.82, 2.24) is 0 Å². The van der Waals surface area contributed by atoms with Crippen molar-refractivity contribution < 1.29 is 14.3 Å². The van der Waals surface area contributed by atoms with E-state index in [1.54, 1.807) is 0 Å². The fraction of sp³-hybridized carbons (Fsp3) is 0.900. The molecule has 0 amide bonds. The molecule has 0 aromatic heterocycles. The molecule has 0 N–H and O–H groups in total. The first kappa shape index (κ1) is 7.94. The van der Waals surface area contributed by atoms with Crippen molar-refractivity contribution in [2.75, 3.05) is 0 Å². The molecule has 0 aromatic carbocycles. The summed E-state index contributed by atoms with van der Waals surface area (Å²) in [6.45, 7) is 4.21. The number of Topliss-reactive ketones (excluding diaryl/α,β-unsaturated/α-hetero) is 1. The first-order chi connectivity index (χ1) is 6.18. The zero-order valence-corrected chi connectivity index (χ0v) is 7.90. The summed E-state index contributed by atoms with van der Waals surface area (Å²) >= 11 is 0. The van der Waals surface area contributed by atoms with Gasteiger partial charge in [0, 0.05) is 5.92 Å². The van der Waals surface area contributed by atoms with Crippen molar-refractivity contribution in [3.05, 3.63) is 0 Å². The summed E-state index contributed by atoms with van der Waals surface area (Å²) in [5.41, 5.74) is 0. The summed E-state index contributed by atoms with van der Waals surface area (Å²) < 4.78 is 11.4. The van der Waals surface area contributed by atoms with Gasteiger partial charge in [-0.2, -0.15) is 0 Å². The minimum atomic E-state index is -0.241. The molecule has 4 aliphatic rings. The van der Waals surface area contributed by atoms with Gasteiger partial charge in [0.25, 0.3) is 0 Å². The lowest BCUT2D eigenvalue weighted by Crippen LogP contribution is -2.28. The predicted octanol–water partition coefficient (Wildman–Crippen LogP) is 0.766. The molecule has 4 bridgehead atoms. The number of hydrogen-bond acceptors (Lipinski definition) is 3. The molecule has 0 spiro atoms. The average molecular weight is 182 g/mol. The predicted molar refractivity (Wildman–Crippen MR) is 45.3 cm³/mol. The molecule has 72 valence electrons. The molecule has 6 atom stereocenters. The Morgan fingerprint density at radius 1 is 1.23 bits per heavy atom. The van der Waals surface area contributed by atoms with Crippen LogP contribution in [0.25, 0.3) is 0 Å². The average Bonchev–Trinajstić information content (AvgIpc) is 2.45. The first-order valence-electron chi connectivity index (χ1n) is 5.03. The van der Waals surface area contributed by atoms with Crippen molar-refractivity contribution in [1.29, 1.82) is 0 Å². The van der Waals surface area contributed by atoms with Crippen LogP contribution < -0.4 is 0 Å². The Bertz CT molecular complexity index is 259. The van der Waals surface area contributed by atoms with E-state index in [0.717, 1.165) is 6.42 Å². The lowest BCUT2D eigenvalue weighted by Gasteiger charge is -2.15. The van der Waals surface area contributed by atoms with Crippen LogP contribution >= 0.6 is 0 Å². The minimum absolute atomic E-state index is 0.0486. The van der Waals surface area contributed by atoms with E-state index in [9.17, 15) is 4.79 Å². The third-order valence-electron chi connectivity index (χ3n) is 3.71. The highest BCUT2D eigenvalue weighted by atomic mass is 16.6. The second-order valence-corrected chi connectivity index (χ2v) is 4.59. The maximum Gasteiger partial charge on any atom is 0.193 e. The summed E-state index contributed by atoms with van der Waals surface area (Å²) in [6, 6.07) is 0. The lowest BCUT2D eigenvalue weighted by atomic mass is 9.87. The largest absolute Gasteiger partial charge is 0.364 e. The monoisotopic (exact) mass is 182 g/mol. The van der Waals surface area contributed by atoms with Crippen LogP contribution in [0.4, 0.5) is 0 Å². The van der Waals surface area contributed by atoms with Crippen molar-refractivity contribution >= 4 is 5.78 Å².